The third-order valence-corrected chi connectivity index (χ3v) is 9.63. The number of para-hydroxylation sites is 1. The van der Waals surface area contributed by atoms with Gasteiger partial charge in [0.25, 0.3) is 11.8 Å². The average Bonchev–Trinajstić information content (AvgIpc) is 3.95. The zero-order valence-electron chi connectivity index (χ0n) is 32.1. The lowest BCUT2D eigenvalue weighted by molar-refractivity contribution is 0.0343. The van der Waals surface area contributed by atoms with Crippen molar-refractivity contribution in [3.8, 4) is 5.75 Å². The Morgan fingerprint density at radius 2 is 1.61 bits per heavy atom. The highest BCUT2D eigenvalue weighted by atomic mass is 16.5. The van der Waals surface area contributed by atoms with Gasteiger partial charge in [-0.15, -0.1) is 0 Å². The predicted molar refractivity (Wildman–Crippen MR) is 209 cm³/mol. The Morgan fingerprint density at radius 3 is 2.29 bits per heavy atom. The highest BCUT2D eigenvalue weighted by Crippen LogP contribution is 2.32. The number of hydrogen-bond acceptors (Lipinski definition) is 11. The number of morpholine rings is 1. The Hall–Kier alpha value is -6.33. The molecule has 1 fully saturated rings. The van der Waals surface area contributed by atoms with Gasteiger partial charge >= 0.3 is 0 Å². The number of aromatic nitrogens is 7. The number of carbonyl (C=O) groups is 3. The third-order valence-electron chi connectivity index (χ3n) is 9.63. The Kier molecular flexibility index (Phi) is 11.0. The number of carbonyl (C=O) groups excluding carboxylic acids is 3. The molecule has 17 heteroatoms. The maximum absolute atomic E-state index is 13.7. The zero-order valence-corrected chi connectivity index (χ0v) is 32.1. The van der Waals surface area contributed by atoms with Crippen molar-refractivity contribution in [2.75, 3.05) is 44.0 Å². The average molecular weight is 764 g/mol. The standard InChI is InChI=1S/C39H45N11O6/c1-6-27-34(56-24(4)41-27)37(53)45-39-43-29-20-26(35(40)51)21-31(54-5)33(29)49(39)14-9-8-13-48-32-25(22-47-15-17-55-18-16-47)11-10-12-28(32)42-38(48)44-36(52)30-19-23(3)46-50(30)7-2/h8-12,19-21H,6-7,13-18,22H2,1-5H3,(H2,40,51)(H,42,44,52)(H,43,45,53)/b9-8+. The van der Waals surface area contributed by atoms with Crippen LogP contribution in [0.1, 0.15) is 68.1 Å². The van der Waals surface area contributed by atoms with Crippen molar-refractivity contribution in [2.24, 2.45) is 5.73 Å². The fourth-order valence-corrected chi connectivity index (χ4v) is 7.00. The van der Waals surface area contributed by atoms with Crippen LogP contribution in [0.4, 0.5) is 11.9 Å². The molecule has 1 aliphatic heterocycles. The first-order valence-corrected chi connectivity index (χ1v) is 18.5. The molecule has 7 rings (SSSR count). The molecule has 0 radical (unpaired) electrons. The molecule has 0 aliphatic carbocycles. The molecule has 292 valence electrons. The number of nitrogens with zero attached hydrogens (tertiary/aromatic N) is 8. The molecule has 3 amide bonds. The third kappa shape index (κ3) is 7.63. The number of amides is 3. The lowest BCUT2D eigenvalue weighted by Gasteiger charge is -2.27. The predicted octanol–water partition coefficient (Wildman–Crippen LogP) is 4.47. The number of oxazole rings is 1. The quantitative estimate of drug-likeness (QED) is 0.132. The number of anilines is 2. The molecule has 1 aliphatic rings. The molecule has 0 atom stereocenters. The van der Waals surface area contributed by atoms with Gasteiger partial charge in [0.05, 0.1) is 48.3 Å². The van der Waals surface area contributed by atoms with Crippen LogP contribution in [0.2, 0.25) is 0 Å². The number of rotatable bonds is 14. The summed E-state index contributed by atoms with van der Waals surface area (Å²) in [5.74, 6) is -0.0781. The van der Waals surface area contributed by atoms with Crippen LogP contribution in [0.3, 0.4) is 0 Å². The number of primary amides is 1. The summed E-state index contributed by atoms with van der Waals surface area (Å²) in [7, 11) is 1.49. The van der Waals surface area contributed by atoms with Crippen molar-refractivity contribution in [3.05, 3.63) is 88.4 Å². The highest BCUT2D eigenvalue weighted by molar-refractivity contribution is 6.04. The van der Waals surface area contributed by atoms with Gasteiger partial charge < -0.3 is 28.8 Å². The van der Waals surface area contributed by atoms with E-state index in [0.29, 0.717) is 79.3 Å². The molecule has 0 spiro atoms. The number of hydrogen-bond donors (Lipinski definition) is 3. The number of benzene rings is 2. The van der Waals surface area contributed by atoms with Crippen LogP contribution < -0.4 is 21.1 Å². The van der Waals surface area contributed by atoms with Crippen molar-refractivity contribution in [2.45, 2.75) is 60.3 Å². The highest BCUT2D eigenvalue weighted by Gasteiger charge is 2.24. The van der Waals surface area contributed by atoms with E-state index in [-0.39, 0.29) is 29.7 Å². The molecule has 4 N–H and O–H groups in total. The number of fused-ring (bicyclic) bond motifs is 2. The Labute approximate surface area is 322 Å². The van der Waals surface area contributed by atoms with Crippen LogP contribution in [-0.4, -0.2) is 89.9 Å². The molecular weight excluding hydrogens is 718 g/mol. The van der Waals surface area contributed by atoms with Gasteiger partial charge in [-0.05, 0) is 50.1 Å². The smallest absolute Gasteiger partial charge is 0.295 e. The van der Waals surface area contributed by atoms with E-state index in [2.05, 4.69) is 36.7 Å². The molecule has 1 saturated heterocycles. The number of methoxy groups -OCH3 is 1. The van der Waals surface area contributed by atoms with E-state index in [1.54, 1.807) is 34.4 Å². The molecule has 0 bridgehead atoms. The van der Waals surface area contributed by atoms with Crippen LogP contribution in [0.5, 0.6) is 5.75 Å². The van der Waals surface area contributed by atoms with Gasteiger partial charge in [-0.25, -0.2) is 15.0 Å². The largest absolute Gasteiger partial charge is 0.494 e. The summed E-state index contributed by atoms with van der Waals surface area (Å²) in [6.45, 7) is 12.1. The minimum Gasteiger partial charge on any atom is -0.494 e. The fourth-order valence-electron chi connectivity index (χ4n) is 7.00. The van der Waals surface area contributed by atoms with Gasteiger partial charge in [0.2, 0.25) is 23.6 Å². The van der Waals surface area contributed by atoms with Gasteiger partial charge in [-0.1, -0.05) is 31.2 Å². The molecule has 17 nitrogen and oxygen atoms in total. The zero-order chi connectivity index (χ0) is 39.5. The van der Waals surface area contributed by atoms with Gasteiger partial charge in [0.1, 0.15) is 17.0 Å². The van der Waals surface area contributed by atoms with Crippen molar-refractivity contribution < 1.29 is 28.3 Å². The lowest BCUT2D eigenvalue weighted by Crippen LogP contribution is -2.35. The Balaban J connectivity index is 1.25. The number of nitrogens with one attached hydrogen (secondary N) is 2. The second kappa shape index (κ2) is 16.2. The van der Waals surface area contributed by atoms with E-state index in [4.69, 9.17) is 24.6 Å². The number of nitrogens with two attached hydrogens (primary N) is 1. The van der Waals surface area contributed by atoms with Crippen molar-refractivity contribution in [1.82, 2.24) is 38.8 Å². The van der Waals surface area contributed by atoms with E-state index in [9.17, 15) is 14.4 Å². The summed E-state index contributed by atoms with van der Waals surface area (Å²) in [5.41, 5.74) is 11.2. The van der Waals surface area contributed by atoms with Crippen molar-refractivity contribution >= 4 is 51.7 Å². The van der Waals surface area contributed by atoms with E-state index in [1.165, 1.54) is 7.11 Å². The van der Waals surface area contributed by atoms with Gasteiger partial charge in [0.15, 0.2) is 5.89 Å². The van der Waals surface area contributed by atoms with E-state index in [1.807, 2.05) is 49.6 Å². The first kappa shape index (κ1) is 38.0. The van der Waals surface area contributed by atoms with Crippen LogP contribution in [0, 0.1) is 13.8 Å². The summed E-state index contributed by atoms with van der Waals surface area (Å²) < 4.78 is 22.4. The molecular formula is C39H45N11O6. The minimum atomic E-state index is -0.646. The van der Waals surface area contributed by atoms with Crippen molar-refractivity contribution in [1.29, 1.82) is 0 Å². The Bertz CT molecular complexity index is 2470. The van der Waals surface area contributed by atoms with Crippen LogP contribution in [-0.2, 0) is 37.3 Å². The molecule has 56 heavy (non-hydrogen) atoms. The lowest BCUT2D eigenvalue weighted by atomic mass is 10.1. The van der Waals surface area contributed by atoms with E-state index < -0.39 is 11.8 Å². The van der Waals surface area contributed by atoms with Gasteiger partial charge in [0, 0.05) is 51.8 Å². The minimum absolute atomic E-state index is 0.0931. The summed E-state index contributed by atoms with van der Waals surface area (Å²) in [4.78, 5) is 55.7. The summed E-state index contributed by atoms with van der Waals surface area (Å²) in [5, 5.41) is 10.4. The number of imidazole rings is 2. The first-order chi connectivity index (χ1) is 27.1. The first-order valence-electron chi connectivity index (χ1n) is 18.5. The monoisotopic (exact) mass is 763 g/mol. The van der Waals surface area contributed by atoms with Gasteiger partial charge in [-0.2, -0.15) is 5.10 Å². The number of aryl methyl sites for hydroxylation is 4. The number of ether oxygens (including phenoxy) is 2. The fraction of sp³-hybridized carbons (Fsp3) is 0.359. The molecule has 2 aromatic carbocycles. The SMILES string of the molecule is CCc1nc(C)oc1C(=O)Nc1nc2cc(C(N)=O)cc(OC)c2n1C/C=C/Cn1c(NC(=O)c2cc(C)nn2CC)nc2cccc(CN3CCOCC3)c21. The summed E-state index contributed by atoms with van der Waals surface area (Å²) >= 11 is 0. The normalized spacial score (nSPS) is 13.6. The van der Waals surface area contributed by atoms with Gasteiger partial charge in [-0.3, -0.25) is 34.6 Å². The number of allylic oxidation sites excluding steroid dienone is 2. The Morgan fingerprint density at radius 1 is 0.911 bits per heavy atom. The van der Waals surface area contributed by atoms with Crippen LogP contribution in [0.15, 0.2) is 53.0 Å². The summed E-state index contributed by atoms with van der Waals surface area (Å²) in [6, 6.07) is 10.9. The summed E-state index contributed by atoms with van der Waals surface area (Å²) in [6.07, 6.45) is 4.38. The molecule has 0 unspecified atom stereocenters. The molecule has 0 saturated carbocycles. The topological polar surface area (TPSA) is 202 Å². The second-order valence-electron chi connectivity index (χ2n) is 13.4. The van der Waals surface area contributed by atoms with Crippen molar-refractivity contribution in [3.63, 3.8) is 0 Å². The maximum atomic E-state index is 13.7. The maximum Gasteiger partial charge on any atom is 0.295 e. The van der Waals surface area contributed by atoms with Crippen LogP contribution in [0.25, 0.3) is 22.1 Å². The molecule has 4 aromatic heterocycles. The van der Waals surface area contributed by atoms with E-state index >= 15 is 0 Å². The molecule has 5 heterocycles. The van der Waals surface area contributed by atoms with E-state index in [0.717, 1.165) is 35.4 Å². The second-order valence-corrected chi connectivity index (χ2v) is 13.4. The van der Waals surface area contributed by atoms with Crippen LogP contribution >= 0.6 is 0 Å². The molecule has 6 aromatic rings.